The molecule has 4 heteroatoms. The smallest absolute Gasteiger partial charge is 0.178 e. The quantitative estimate of drug-likeness (QED) is 0.807. The number of allylic oxidation sites excluding steroid dienone is 4. The molecule has 0 amide bonds. The molecule has 7 atom stereocenters. The predicted molar refractivity (Wildman–Crippen MR) is 93.6 cm³/mol. The van der Waals surface area contributed by atoms with E-state index in [2.05, 4.69) is 13.8 Å². The van der Waals surface area contributed by atoms with Crippen LogP contribution in [0.1, 0.15) is 46.0 Å². The fraction of sp³-hybridized carbons (Fsp3) is 0.714. The summed E-state index contributed by atoms with van der Waals surface area (Å²) in [5.74, 6) is 0.734. The molecule has 0 spiro atoms. The number of ketones is 2. The van der Waals surface area contributed by atoms with Gasteiger partial charge in [0.05, 0.1) is 6.10 Å². The summed E-state index contributed by atoms with van der Waals surface area (Å²) in [6, 6.07) is 0. The molecule has 0 heterocycles. The monoisotopic (exact) mass is 344 g/mol. The molecule has 0 aromatic heterocycles. The van der Waals surface area contributed by atoms with Gasteiger partial charge >= 0.3 is 0 Å². The second kappa shape index (κ2) is 5.62. The topological polar surface area (TPSA) is 74.6 Å². The molecule has 3 unspecified atom stereocenters. The minimum atomic E-state index is -0.482. The number of Topliss-reactive ketones (excluding diaryl/α,β-unsaturated/α-hetero) is 1. The molecule has 0 aromatic rings. The molecule has 3 fully saturated rings. The first-order valence-corrected chi connectivity index (χ1v) is 9.57. The van der Waals surface area contributed by atoms with Crippen molar-refractivity contribution in [3.05, 3.63) is 23.8 Å². The Morgan fingerprint density at radius 3 is 2.76 bits per heavy atom. The minimum absolute atomic E-state index is 0.0514. The van der Waals surface area contributed by atoms with Crippen LogP contribution in [0.5, 0.6) is 0 Å². The number of aliphatic hydroxyl groups excluding tert-OH is 2. The number of carbonyl (C=O) groups is 2. The van der Waals surface area contributed by atoms with Crippen molar-refractivity contribution in [3.63, 3.8) is 0 Å². The normalized spacial score (nSPS) is 48.4. The van der Waals surface area contributed by atoms with Crippen molar-refractivity contribution in [2.24, 2.45) is 34.5 Å². The van der Waals surface area contributed by atoms with Crippen LogP contribution in [0.4, 0.5) is 0 Å². The van der Waals surface area contributed by atoms with Crippen molar-refractivity contribution in [1.82, 2.24) is 0 Å². The third-order valence-corrected chi connectivity index (χ3v) is 8.04. The first-order valence-electron chi connectivity index (χ1n) is 9.57. The molecule has 3 saturated carbocycles. The van der Waals surface area contributed by atoms with Crippen LogP contribution in [0, 0.1) is 34.5 Å². The number of rotatable bonds is 2. The summed E-state index contributed by atoms with van der Waals surface area (Å²) in [5, 5.41) is 20.5. The Bertz CT molecular complexity index is 677. The Labute approximate surface area is 149 Å². The van der Waals surface area contributed by atoms with E-state index in [1.165, 1.54) is 0 Å². The van der Waals surface area contributed by atoms with E-state index >= 15 is 0 Å². The molecule has 4 rings (SSSR count). The summed E-state index contributed by atoms with van der Waals surface area (Å²) >= 11 is 0. The lowest BCUT2D eigenvalue weighted by Crippen LogP contribution is -2.56. The summed E-state index contributed by atoms with van der Waals surface area (Å²) < 4.78 is 0. The molecule has 4 nitrogen and oxygen atoms in total. The molecule has 0 aromatic carbocycles. The third kappa shape index (κ3) is 2.26. The van der Waals surface area contributed by atoms with Crippen molar-refractivity contribution in [2.45, 2.75) is 52.1 Å². The van der Waals surface area contributed by atoms with Gasteiger partial charge in [-0.05, 0) is 61.5 Å². The maximum Gasteiger partial charge on any atom is 0.178 e. The molecular weight excluding hydrogens is 316 g/mol. The Hall–Kier alpha value is -1.26. The fourth-order valence-electron chi connectivity index (χ4n) is 6.96. The Balaban J connectivity index is 1.71. The SMILES string of the molecule is C[C@]12C=CC(=O)C=C1CC[C@@H]1C2C(O)C[C@@]2(C)C1CC[C@@H]2C(=O)CO. The lowest BCUT2D eigenvalue weighted by atomic mass is 9.46. The van der Waals surface area contributed by atoms with Gasteiger partial charge in [0.15, 0.2) is 11.6 Å². The lowest BCUT2D eigenvalue weighted by molar-refractivity contribution is -0.141. The molecule has 4 aliphatic rings. The molecule has 0 radical (unpaired) electrons. The van der Waals surface area contributed by atoms with E-state index in [1.54, 1.807) is 12.2 Å². The summed E-state index contributed by atoms with van der Waals surface area (Å²) in [6.07, 6.45) is 9.25. The van der Waals surface area contributed by atoms with Crippen molar-refractivity contribution < 1.29 is 19.8 Å². The summed E-state index contributed by atoms with van der Waals surface area (Å²) in [7, 11) is 0. The molecule has 136 valence electrons. The third-order valence-electron chi connectivity index (χ3n) is 8.04. The van der Waals surface area contributed by atoms with Crippen molar-refractivity contribution >= 4 is 11.6 Å². The Kier molecular flexibility index (Phi) is 3.86. The summed E-state index contributed by atoms with van der Waals surface area (Å²) in [6.45, 7) is 3.92. The van der Waals surface area contributed by atoms with Crippen LogP contribution in [-0.2, 0) is 9.59 Å². The maximum atomic E-state index is 12.3. The van der Waals surface area contributed by atoms with Gasteiger partial charge in [0.2, 0.25) is 0 Å². The predicted octanol–water partition coefficient (Wildman–Crippen LogP) is 2.44. The summed E-state index contributed by atoms with van der Waals surface area (Å²) in [4.78, 5) is 24.1. The van der Waals surface area contributed by atoms with Crippen LogP contribution < -0.4 is 0 Å². The highest BCUT2D eigenvalue weighted by Crippen LogP contribution is 2.65. The fourth-order valence-corrected chi connectivity index (χ4v) is 6.96. The second-order valence-electron chi connectivity index (χ2n) is 9.05. The Morgan fingerprint density at radius 1 is 1.28 bits per heavy atom. The van der Waals surface area contributed by atoms with Gasteiger partial charge in [-0.25, -0.2) is 0 Å². The van der Waals surface area contributed by atoms with Gasteiger partial charge in [-0.1, -0.05) is 25.5 Å². The lowest BCUT2D eigenvalue weighted by Gasteiger charge is -2.58. The summed E-state index contributed by atoms with van der Waals surface area (Å²) in [5.41, 5.74) is 0.688. The first-order chi connectivity index (χ1) is 11.8. The highest BCUT2D eigenvalue weighted by atomic mass is 16.3. The molecule has 25 heavy (non-hydrogen) atoms. The van der Waals surface area contributed by atoms with Crippen molar-refractivity contribution in [2.75, 3.05) is 6.61 Å². The van der Waals surface area contributed by atoms with E-state index in [0.717, 1.165) is 31.3 Å². The zero-order valence-corrected chi connectivity index (χ0v) is 15.1. The van der Waals surface area contributed by atoms with Gasteiger partial charge in [0.25, 0.3) is 0 Å². The van der Waals surface area contributed by atoms with Crippen molar-refractivity contribution in [1.29, 1.82) is 0 Å². The van der Waals surface area contributed by atoms with Crippen LogP contribution >= 0.6 is 0 Å². The van der Waals surface area contributed by atoms with Crippen LogP contribution in [-0.4, -0.2) is 34.5 Å². The van der Waals surface area contributed by atoms with E-state index < -0.39 is 12.7 Å². The average molecular weight is 344 g/mol. The average Bonchev–Trinajstić information content (AvgIpc) is 2.91. The van der Waals surface area contributed by atoms with Gasteiger partial charge in [-0.3, -0.25) is 9.59 Å². The number of hydrogen-bond donors (Lipinski definition) is 2. The van der Waals surface area contributed by atoms with Gasteiger partial charge < -0.3 is 10.2 Å². The number of hydrogen-bond acceptors (Lipinski definition) is 4. The van der Waals surface area contributed by atoms with Gasteiger partial charge in [-0.2, -0.15) is 0 Å². The van der Waals surface area contributed by atoms with E-state index in [-0.39, 0.29) is 34.2 Å². The molecule has 2 N–H and O–H groups in total. The Morgan fingerprint density at radius 2 is 2.04 bits per heavy atom. The largest absolute Gasteiger partial charge is 0.393 e. The highest BCUT2D eigenvalue weighted by Gasteiger charge is 2.62. The van der Waals surface area contributed by atoms with Gasteiger partial charge in [0, 0.05) is 17.3 Å². The number of carbonyl (C=O) groups excluding carboxylic acids is 2. The van der Waals surface area contributed by atoms with Crippen LogP contribution in [0.25, 0.3) is 0 Å². The van der Waals surface area contributed by atoms with Crippen LogP contribution in [0.2, 0.25) is 0 Å². The molecule has 0 saturated heterocycles. The van der Waals surface area contributed by atoms with Crippen molar-refractivity contribution in [3.8, 4) is 0 Å². The standard InChI is InChI=1S/C21H28O4/c1-20-8-7-13(23)9-12(20)3-4-14-15-5-6-16(18(25)11-22)21(15,2)10-17(24)19(14)20/h7-9,14-17,19,22,24H,3-6,10-11H2,1-2H3/t14-,15?,16+,17?,19?,20-,21-/m0/s1. The molecular formula is C21H28O4. The molecule has 4 aliphatic carbocycles. The molecule has 0 bridgehead atoms. The second-order valence-corrected chi connectivity index (χ2v) is 9.05. The van der Waals surface area contributed by atoms with Gasteiger partial charge in [-0.15, -0.1) is 0 Å². The highest BCUT2D eigenvalue weighted by molar-refractivity contribution is 6.01. The first kappa shape index (κ1) is 17.2. The van der Waals surface area contributed by atoms with Crippen LogP contribution in [0.3, 0.4) is 0 Å². The number of aliphatic hydroxyl groups is 2. The van der Waals surface area contributed by atoms with E-state index in [9.17, 15) is 19.8 Å². The van der Waals surface area contributed by atoms with E-state index in [0.29, 0.717) is 18.3 Å². The zero-order chi connectivity index (χ0) is 18.0. The minimum Gasteiger partial charge on any atom is -0.393 e. The zero-order valence-electron chi connectivity index (χ0n) is 15.1. The van der Waals surface area contributed by atoms with Gasteiger partial charge in [0.1, 0.15) is 6.61 Å². The van der Waals surface area contributed by atoms with Crippen LogP contribution in [0.15, 0.2) is 23.8 Å². The van der Waals surface area contributed by atoms with E-state index in [4.69, 9.17) is 0 Å². The maximum absolute atomic E-state index is 12.3. The number of fused-ring (bicyclic) bond motifs is 5. The van der Waals surface area contributed by atoms with E-state index in [1.807, 2.05) is 6.08 Å². The molecule has 0 aliphatic heterocycles.